The number of fused-ring (bicyclic) bond motifs is 2. The van der Waals surface area contributed by atoms with E-state index in [2.05, 4.69) is 0 Å². The van der Waals surface area contributed by atoms with Crippen LogP contribution in [0.15, 0.2) is 54.6 Å². The van der Waals surface area contributed by atoms with E-state index in [9.17, 15) is 9.59 Å². The van der Waals surface area contributed by atoms with Crippen LogP contribution in [-0.2, 0) is 0 Å². The second-order valence-electron chi connectivity index (χ2n) is 5.96. The molecule has 0 fully saturated rings. The van der Waals surface area contributed by atoms with E-state index in [0.717, 1.165) is 21.9 Å². The molecule has 1 aliphatic heterocycles. The minimum atomic E-state index is -0.251. The van der Waals surface area contributed by atoms with Crippen LogP contribution in [0.1, 0.15) is 31.8 Å². The molecule has 0 unspecified atom stereocenters. The van der Waals surface area contributed by atoms with Crippen LogP contribution in [0.3, 0.4) is 0 Å². The molecular weight excluding hydrogens is 286 g/mol. The molecule has 0 aliphatic carbocycles. The summed E-state index contributed by atoms with van der Waals surface area (Å²) in [5.74, 6) is -0.502. The monoisotopic (exact) mass is 301 g/mol. The van der Waals surface area contributed by atoms with Crippen LogP contribution in [0.25, 0.3) is 10.8 Å². The van der Waals surface area contributed by atoms with E-state index in [-0.39, 0.29) is 11.8 Å². The maximum Gasteiger partial charge on any atom is 0.266 e. The summed E-state index contributed by atoms with van der Waals surface area (Å²) in [6.45, 7) is 3.99. The normalized spacial score (nSPS) is 13.7. The molecule has 3 heteroatoms. The Morgan fingerprint density at radius 2 is 1.26 bits per heavy atom. The lowest BCUT2D eigenvalue weighted by Gasteiger charge is -2.15. The molecule has 0 radical (unpaired) electrons. The molecule has 0 saturated carbocycles. The van der Waals surface area contributed by atoms with Crippen molar-refractivity contribution in [3.63, 3.8) is 0 Å². The molecule has 0 aromatic heterocycles. The Balaban J connectivity index is 1.88. The van der Waals surface area contributed by atoms with E-state index in [1.165, 1.54) is 4.90 Å². The van der Waals surface area contributed by atoms with Crippen molar-refractivity contribution in [1.29, 1.82) is 0 Å². The first-order valence-electron chi connectivity index (χ1n) is 7.55. The molecule has 1 heterocycles. The van der Waals surface area contributed by atoms with Crippen LogP contribution < -0.4 is 4.90 Å². The Kier molecular flexibility index (Phi) is 2.85. The summed E-state index contributed by atoms with van der Waals surface area (Å²) in [5, 5.41) is 1.93. The van der Waals surface area contributed by atoms with Gasteiger partial charge in [-0.25, -0.2) is 4.90 Å². The van der Waals surface area contributed by atoms with Gasteiger partial charge in [0.15, 0.2) is 0 Å². The maximum absolute atomic E-state index is 12.8. The van der Waals surface area contributed by atoms with Crippen molar-refractivity contribution < 1.29 is 9.59 Å². The van der Waals surface area contributed by atoms with Crippen LogP contribution in [0.5, 0.6) is 0 Å². The zero-order valence-corrected chi connectivity index (χ0v) is 13.0. The standard InChI is InChI=1S/C20H15NO2/c1-12-7-8-16(9-13(12)2)21-19(22)17-10-14-5-3-4-6-15(14)11-18(17)20(21)23/h3-11H,1-2H3. The number of hydrogen-bond donors (Lipinski definition) is 0. The molecule has 112 valence electrons. The molecule has 0 N–H and O–H groups in total. The lowest BCUT2D eigenvalue weighted by molar-refractivity contribution is 0.0926. The minimum absolute atomic E-state index is 0.251. The highest BCUT2D eigenvalue weighted by atomic mass is 16.2. The SMILES string of the molecule is Cc1ccc(N2C(=O)c3cc4ccccc4cc3C2=O)cc1C. The van der Waals surface area contributed by atoms with Gasteiger partial charge in [-0.2, -0.15) is 0 Å². The third-order valence-corrected chi connectivity index (χ3v) is 4.50. The van der Waals surface area contributed by atoms with E-state index in [0.29, 0.717) is 16.8 Å². The van der Waals surface area contributed by atoms with Crippen LogP contribution in [0.2, 0.25) is 0 Å². The topological polar surface area (TPSA) is 37.4 Å². The Morgan fingerprint density at radius 1 is 0.696 bits per heavy atom. The van der Waals surface area contributed by atoms with Crippen molar-refractivity contribution in [2.75, 3.05) is 4.90 Å². The lowest BCUT2D eigenvalue weighted by atomic mass is 10.0. The molecule has 0 spiro atoms. The van der Waals surface area contributed by atoms with Gasteiger partial charge in [0.25, 0.3) is 11.8 Å². The van der Waals surface area contributed by atoms with E-state index in [4.69, 9.17) is 0 Å². The quantitative estimate of drug-likeness (QED) is 0.630. The van der Waals surface area contributed by atoms with E-state index in [1.54, 1.807) is 0 Å². The first-order valence-corrected chi connectivity index (χ1v) is 7.55. The number of benzene rings is 3. The van der Waals surface area contributed by atoms with Crippen molar-refractivity contribution in [3.05, 3.63) is 76.9 Å². The zero-order chi connectivity index (χ0) is 16.1. The summed E-state index contributed by atoms with van der Waals surface area (Å²) < 4.78 is 0. The Morgan fingerprint density at radius 3 is 1.78 bits per heavy atom. The van der Waals surface area contributed by atoms with Crippen molar-refractivity contribution in [2.24, 2.45) is 0 Å². The molecule has 3 nitrogen and oxygen atoms in total. The van der Waals surface area contributed by atoms with Gasteiger partial charge in [0.1, 0.15) is 0 Å². The van der Waals surface area contributed by atoms with Gasteiger partial charge >= 0.3 is 0 Å². The molecule has 0 atom stereocenters. The third-order valence-electron chi connectivity index (χ3n) is 4.50. The predicted molar refractivity (Wildman–Crippen MR) is 91.0 cm³/mol. The average molecular weight is 301 g/mol. The number of imide groups is 1. The highest BCUT2D eigenvalue weighted by Crippen LogP contribution is 2.32. The molecule has 3 aromatic rings. The summed E-state index contributed by atoms with van der Waals surface area (Å²) in [5.41, 5.74) is 3.78. The van der Waals surface area contributed by atoms with Crippen molar-refractivity contribution in [3.8, 4) is 0 Å². The minimum Gasteiger partial charge on any atom is -0.268 e. The fraction of sp³-hybridized carbons (Fsp3) is 0.100. The Hall–Kier alpha value is -2.94. The second kappa shape index (κ2) is 4.78. The largest absolute Gasteiger partial charge is 0.268 e. The summed E-state index contributed by atoms with van der Waals surface area (Å²) in [4.78, 5) is 26.8. The number of carbonyl (C=O) groups excluding carboxylic acids is 2. The number of amides is 2. The highest BCUT2D eigenvalue weighted by molar-refractivity contribution is 6.35. The number of aryl methyl sites for hydroxylation is 2. The molecule has 0 saturated heterocycles. The second-order valence-corrected chi connectivity index (χ2v) is 5.96. The van der Waals surface area contributed by atoms with E-state index < -0.39 is 0 Å². The fourth-order valence-electron chi connectivity index (χ4n) is 3.03. The summed E-state index contributed by atoms with van der Waals surface area (Å²) in [6.07, 6.45) is 0. The smallest absolute Gasteiger partial charge is 0.266 e. The molecule has 23 heavy (non-hydrogen) atoms. The van der Waals surface area contributed by atoms with Crippen LogP contribution in [0, 0.1) is 13.8 Å². The van der Waals surface area contributed by atoms with Gasteiger partial charge in [-0.15, -0.1) is 0 Å². The maximum atomic E-state index is 12.8. The summed E-state index contributed by atoms with van der Waals surface area (Å²) in [6, 6.07) is 17.0. The molecule has 0 bridgehead atoms. The predicted octanol–water partition coefficient (Wildman–Crippen LogP) is 4.26. The lowest BCUT2D eigenvalue weighted by Crippen LogP contribution is -2.29. The van der Waals surface area contributed by atoms with Crippen molar-refractivity contribution in [1.82, 2.24) is 0 Å². The molecule has 1 aliphatic rings. The number of nitrogens with zero attached hydrogens (tertiary/aromatic N) is 1. The fourth-order valence-corrected chi connectivity index (χ4v) is 3.03. The van der Waals surface area contributed by atoms with E-state index >= 15 is 0 Å². The van der Waals surface area contributed by atoms with Gasteiger partial charge in [0.05, 0.1) is 16.8 Å². The zero-order valence-electron chi connectivity index (χ0n) is 13.0. The van der Waals surface area contributed by atoms with Gasteiger partial charge in [-0.05, 0) is 60.0 Å². The first-order chi connectivity index (χ1) is 11.1. The summed E-state index contributed by atoms with van der Waals surface area (Å²) >= 11 is 0. The van der Waals surface area contributed by atoms with Crippen LogP contribution >= 0.6 is 0 Å². The van der Waals surface area contributed by atoms with E-state index in [1.807, 2.05) is 68.4 Å². The summed E-state index contributed by atoms with van der Waals surface area (Å²) in [7, 11) is 0. The third kappa shape index (κ3) is 1.97. The molecule has 3 aromatic carbocycles. The average Bonchev–Trinajstić information content (AvgIpc) is 2.79. The van der Waals surface area contributed by atoms with Gasteiger partial charge in [0.2, 0.25) is 0 Å². The van der Waals surface area contributed by atoms with Crippen LogP contribution in [0.4, 0.5) is 5.69 Å². The van der Waals surface area contributed by atoms with Gasteiger partial charge in [0, 0.05) is 0 Å². The number of anilines is 1. The highest BCUT2D eigenvalue weighted by Gasteiger charge is 2.36. The molecule has 4 rings (SSSR count). The Bertz CT molecular complexity index is 934. The number of carbonyl (C=O) groups is 2. The van der Waals surface area contributed by atoms with Crippen LogP contribution in [-0.4, -0.2) is 11.8 Å². The van der Waals surface area contributed by atoms with Crippen molar-refractivity contribution >= 4 is 28.3 Å². The molecular formula is C20H15NO2. The van der Waals surface area contributed by atoms with Gasteiger partial charge < -0.3 is 0 Å². The van der Waals surface area contributed by atoms with Gasteiger partial charge in [-0.1, -0.05) is 30.3 Å². The van der Waals surface area contributed by atoms with Crippen molar-refractivity contribution in [2.45, 2.75) is 13.8 Å². The first kappa shape index (κ1) is 13.7. The van der Waals surface area contributed by atoms with Gasteiger partial charge in [-0.3, -0.25) is 9.59 Å². The number of rotatable bonds is 1. The number of hydrogen-bond acceptors (Lipinski definition) is 2. The Labute approximate surface area is 134 Å². The molecule has 2 amide bonds.